The van der Waals surface area contributed by atoms with Gasteiger partial charge in [-0.2, -0.15) is 0 Å². The van der Waals surface area contributed by atoms with Crippen molar-refractivity contribution in [1.29, 1.82) is 0 Å². The molecule has 0 aliphatic carbocycles. The molecule has 0 rings (SSSR count). The first-order valence-corrected chi connectivity index (χ1v) is 12.3. The van der Waals surface area contributed by atoms with Gasteiger partial charge in [0.05, 0.1) is 6.61 Å². The summed E-state index contributed by atoms with van der Waals surface area (Å²) >= 11 is 0. The van der Waals surface area contributed by atoms with Crippen molar-refractivity contribution in [3.63, 3.8) is 0 Å². The molecule has 0 saturated carbocycles. The smallest absolute Gasteiger partial charge is 0.274 e. The Bertz CT molecular complexity index is 232. The lowest BCUT2D eigenvalue weighted by Crippen LogP contribution is -2.46. The van der Waals surface area contributed by atoms with E-state index in [4.69, 9.17) is 13.6 Å². The fourth-order valence-corrected chi connectivity index (χ4v) is 8.81. The second-order valence-electron chi connectivity index (χ2n) is 5.30. The van der Waals surface area contributed by atoms with E-state index in [2.05, 4.69) is 32.7 Å². The first kappa shape index (κ1) is 15.7. The van der Waals surface area contributed by atoms with Crippen LogP contribution in [0.25, 0.3) is 0 Å². The molecule has 0 aliphatic rings. The minimum Gasteiger partial charge on any atom is -0.466 e. The zero-order chi connectivity index (χ0) is 12.8. The first-order chi connectivity index (χ1) is 7.20. The van der Waals surface area contributed by atoms with Gasteiger partial charge in [-0.15, -0.1) is 0 Å². The fraction of sp³-hybridized carbons (Fsp3) is 0.818. The third-order valence-corrected chi connectivity index (χ3v) is 7.17. The summed E-state index contributed by atoms with van der Waals surface area (Å²) in [6.07, 6.45) is 2.50. The van der Waals surface area contributed by atoms with Crippen molar-refractivity contribution in [2.75, 3.05) is 12.8 Å². The maximum Gasteiger partial charge on any atom is 0.274 e. The molecule has 0 aromatic rings. The van der Waals surface area contributed by atoms with Gasteiger partial charge in [-0.1, -0.05) is 0 Å². The SMILES string of the molecule is C/C=C(\OCC)OC[Si](C)(C)O[Si](C)(C)C. The normalized spacial score (nSPS) is 13.8. The molecule has 3 nitrogen and oxygen atoms in total. The summed E-state index contributed by atoms with van der Waals surface area (Å²) in [4.78, 5) is 0. The third-order valence-electron chi connectivity index (χ3n) is 1.67. The Morgan fingerprint density at radius 3 is 2.00 bits per heavy atom. The van der Waals surface area contributed by atoms with E-state index in [1.807, 2.05) is 19.9 Å². The van der Waals surface area contributed by atoms with Crippen molar-refractivity contribution in [2.24, 2.45) is 0 Å². The van der Waals surface area contributed by atoms with Gasteiger partial charge in [0.2, 0.25) is 8.32 Å². The molecule has 0 heterocycles. The van der Waals surface area contributed by atoms with E-state index >= 15 is 0 Å². The van der Waals surface area contributed by atoms with Crippen LogP contribution in [-0.2, 0) is 13.6 Å². The second kappa shape index (κ2) is 6.46. The summed E-state index contributed by atoms with van der Waals surface area (Å²) in [5.41, 5.74) is 0. The average molecular weight is 262 g/mol. The predicted molar refractivity (Wildman–Crippen MR) is 73.2 cm³/mol. The van der Waals surface area contributed by atoms with Crippen LogP contribution in [-0.4, -0.2) is 29.5 Å². The molecule has 96 valence electrons. The maximum absolute atomic E-state index is 6.17. The lowest BCUT2D eigenvalue weighted by atomic mass is 10.7. The van der Waals surface area contributed by atoms with E-state index in [-0.39, 0.29) is 0 Å². The Morgan fingerprint density at radius 2 is 1.62 bits per heavy atom. The van der Waals surface area contributed by atoms with Gasteiger partial charge in [-0.05, 0) is 52.7 Å². The van der Waals surface area contributed by atoms with Crippen molar-refractivity contribution < 1.29 is 13.6 Å². The minimum absolute atomic E-state index is 0.613. The Morgan fingerprint density at radius 1 is 1.06 bits per heavy atom. The number of hydrogen-bond donors (Lipinski definition) is 0. The summed E-state index contributed by atoms with van der Waals surface area (Å²) < 4.78 is 17.1. The van der Waals surface area contributed by atoms with E-state index in [1.54, 1.807) is 0 Å². The van der Waals surface area contributed by atoms with Crippen LogP contribution >= 0.6 is 0 Å². The van der Waals surface area contributed by atoms with Crippen LogP contribution in [0.4, 0.5) is 0 Å². The molecule has 0 bridgehead atoms. The summed E-state index contributed by atoms with van der Waals surface area (Å²) in [5.74, 6) is 0.613. The topological polar surface area (TPSA) is 27.7 Å². The van der Waals surface area contributed by atoms with Crippen molar-refractivity contribution in [1.82, 2.24) is 0 Å². The molecular formula is C11H26O3Si2. The minimum atomic E-state index is -1.73. The lowest BCUT2D eigenvalue weighted by molar-refractivity contribution is 0.0546. The van der Waals surface area contributed by atoms with Gasteiger partial charge in [0.25, 0.3) is 5.95 Å². The highest BCUT2D eigenvalue weighted by molar-refractivity contribution is 6.84. The van der Waals surface area contributed by atoms with Gasteiger partial charge in [0.15, 0.2) is 8.32 Å². The van der Waals surface area contributed by atoms with Crippen LogP contribution < -0.4 is 0 Å². The predicted octanol–water partition coefficient (Wildman–Crippen LogP) is 3.50. The molecule has 0 aliphatic heterocycles. The average Bonchev–Trinajstić information content (AvgIpc) is 2.08. The lowest BCUT2D eigenvalue weighted by Gasteiger charge is -2.31. The summed E-state index contributed by atoms with van der Waals surface area (Å²) in [5, 5.41) is 0. The highest BCUT2D eigenvalue weighted by atomic mass is 28.4. The second-order valence-corrected chi connectivity index (χ2v) is 14.2. The largest absolute Gasteiger partial charge is 0.466 e. The van der Waals surface area contributed by atoms with E-state index in [1.165, 1.54) is 0 Å². The molecule has 5 heteroatoms. The van der Waals surface area contributed by atoms with Crippen LogP contribution in [0.1, 0.15) is 13.8 Å². The van der Waals surface area contributed by atoms with Gasteiger partial charge in [0.1, 0.15) is 6.23 Å². The van der Waals surface area contributed by atoms with Crippen LogP contribution in [0.5, 0.6) is 0 Å². The van der Waals surface area contributed by atoms with E-state index in [0.29, 0.717) is 18.8 Å². The molecule has 16 heavy (non-hydrogen) atoms. The fourth-order valence-electron chi connectivity index (χ4n) is 1.45. The highest BCUT2D eigenvalue weighted by Crippen LogP contribution is 2.15. The molecule has 0 N–H and O–H groups in total. The molecule has 0 radical (unpaired) electrons. The van der Waals surface area contributed by atoms with Crippen LogP contribution in [0.2, 0.25) is 32.7 Å². The third kappa shape index (κ3) is 7.95. The Balaban J connectivity index is 4.17. The van der Waals surface area contributed by atoms with Gasteiger partial charge in [-0.25, -0.2) is 0 Å². The standard InChI is InChI=1S/C11H26O3Si2/c1-8-11(12-9-2)13-10-16(6,7)14-15(3,4)5/h8H,9-10H2,1-7H3/b11-8+. The zero-order valence-corrected chi connectivity index (χ0v) is 13.7. The van der Waals surface area contributed by atoms with Crippen molar-refractivity contribution in [3.05, 3.63) is 12.0 Å². The quantitative estimate of drug-likeness (QED) is 0.519. The Kier molecular flexibility index (Phi) is 6.36. The summed E-state index contributed by atoms with van der Waals surface area (Å²) in [6.45, 7) is 15.5. The van der Waals surface area contributed by atoms with Gasteiger partial charge >= 0.3 is 0 Å². The summed E-state index contributed by atoms with van der Waals surface area (Å²) in [6, 6.07) is 0. The van der Waals surface area contributed by atoms with Crippen molar-refractivity contribution in [2.45, 2.75) is 46.6 Å². The Labute approximate surface area is 102 Å². The number of rotatable bonds is 7. The molecular weight excluding hydrogens is 236 g/mol. The maximum atomic E-state index is 6.17. The first-order valence-electron chi connectivity index (χ1n) is 5.82. The Hall–Kier alpha value is -0.266. The molecule has 0 saturated heterocycles. The van der Waals surface area contributed by atoms with Crippen LogP contribution in [0.15, 0.2) is 12.0 Å². The molecule has 0 unspecified atom stereocenters. The monoisotopic (exact) mass is 262 g/mol. The van der Waals surface area contributed by atoms with Crippen LogP contribution in [0.3, 0.4) is 0 Å². The summed E-state index contributed by atoms with van der Waals surface area (Å²) in [7, 11) is -3.20. The van der Waals surface area contributed by atoms with E-state index in [0.717, 1.165) is 0 Å². The van der Waals surface area contributed by atoms with Crippen molar-refractivity contribution >= 4 is 16.6 Å². The number of hydrogen-bond acceptors (Lipinski definition) is 3. The molecule has 0 spiro atoms. The molecule has 0 fully saturated rings. The highest BCUT2D eigenvalue weighted by Gasteiger charge is 2.30. The van der Waals surface area contributed by atoms with Crippen LogP contribution in [0, 0.1) is 0 Å². The van der Waals surface area contributed by atoms with E-state index in [9.17, 15) is 0 Å². The van der Waals surface area contributed by atoms with E-state index < -0.39 is 16.6 Å². The van der Waals surface area contributed by atoms with Gasteiger partial charge in [-0.3, -0.25) is 0 Å². The number of ether oxygens (including phenoxy) is 2. The van der Waals surface area contributed by atoms with Gasteiger partial charge in [0, 0.05) is 0 Å². The van der Waals surface area contributed by atoms with Gasteiger partial charge < -0.3 is 13.6 Å². The molecule has 0 aromatic heterocycles. The number of allylic oxidation sites excluding steroid dienone is 1. The molecule has 0 amide bonds. The zero-order valence-electron chi connectivity index (χ0n) is 11.7. The van der Waals surface area contributed by atoms with Crippen molar-refractivity contribution in [3.8, 4) is 0 Å². The molecule has 0 aromatic carbocycles. The molecule has 0 atom stereocenters.